The lowest BCUT2D eigenvalue weighted by Gasteiger charge is -2.10. The largest absolute Gasteiger partial charge is 0.389 e. The van der Waals surface area contributed by atoms with Crippen molar-refractivity contribution in [2.24, 2.45) is 0 Å². The Kier molecular flexibility index (Phi) is 2.44. The van der Waals surface area contributed by atoms with E-state index in [1.807, 2.05) is 24.4 Å². The lowest BCUT2D eigenvalue weighted by atomic mass is 10.1. The van der Waals surface area contributed by atoms with Crippen LogP contribution in [-0.4, -0.2) is 19.9 Å². The Morgan fingerprint density at radius 3 is 2.94 bits per heavy atom. The number of nitrogens with zero attached hydrogens (tertiary/aromatic N) is 3. The van der Waals surface area contributed by atoms with Crippen LogP contribution in [0, 0.1) is 0 Å². The lowest BCUT2D eigenvalue weighted by molar-refractivity contribution is 0.198. The molecule has 1 atom stereocenters. The number of aliphatic hydroxyl groups is 1. The van der Waals surface area contributed by atoms with Gasteiger partial charge in [0.15, 0.2) is 5.82 Å². The highest BCUT2D eigenvalue weighted by molar-refractivity contribution is 5.34. The van der Waals surface area contributed by atoms with Crippen LogP contribution in [0.15, 0.2) is 30.6 Å². The number of pyridine rings is 1. The van der Waals surface area contributed by atoms with Crippen LogP contribution >= 0.6 is 0 Å². The summed E-state index contributed by atoms with van der Waals surface area (Å²) in [4.78, 5) is 4.30. The third kappa shape index (κ3) is 1.96. The minimum atomic E-state index is -0.535. The monoisotopic (exact) mass is 229 g/mol. The maximum atomic E-state index is 9.71. The van der Waals surface area contributed by atoms with Crippen LogP contribution in [0.1, 0.15) is 43.0 Å². The minimum Gasteiger partial charge on any atom is -0.389 e. The molecule has 17 heavy (non-hydrogen) atoms. The van der Waals surface area contributed by atoms with E-state index < -0.39 is 6.10 Å². The number of aliphatic hydroxyl groups excluding tert-OH is 1. The summed E-state index contributed by atoms with van der Waals surface area (Å²) in [7, 11) is 0. The molecular formula is C13H15N3O. The van der Waals surface area contributed by atoms with Crippen molar-refractivity contribution in [3.05, 3.63) is 41.9 Å². The maximum Gasteiger partial charge on any atom is 0.159 e. The molecule has 0 aromatic carbocycles. The number of hydrogen-bond donors (Lipinski definition) is 1. The van der Waals surface area contributed by atoms with Crippen LogP contribution in [0.2, 0.25) is 0 Å². The van der Waals surface area contributed by atoms with E-state index in [4.69, 9.17) is 0 Å². The number of aromatic nitrogens is 3. The first-order valence-electron chi connectivity index (χ1n) is 5.94. The van der Waals surface area contributed by atoms with Crippen LogP contribution in [-0.2, 0) is 0 Å². The van der Waals surface area contributed by atoms with E-state index in [0.29, 0.717) is 5.92 Å². The average molecular weight is 229 g/mol. The van der Waals surface area contributed by atoms with E-state index in [-0.39, 0.29) is 0 Å². The van der Waals surface area contributed by atoms with E-state index in [1.54, 1.807) is 17.8 Å². The van der Waals surface area contributed by atoms with Gasteiger partial charge in [-0.25, -0.2) is 9.67 Å². The van der Waals surface area contributed by atoms with Crippen LogP contribution in [0.25, 0.3) is 5.82 Å². The highest BCUT2D eigenvalue weighted by atomic mass is 16.3. The predicted molar refractivity (Wildman–Crippen MR) is 64.0 cm³/mol. The smallest absolute Gasteiger partial charge is 0.159 e. The Bertz CT molecular complexity index is 529. The molecule has 1 saturated carbocycles. The molecule has 1 aliphatic carbocycles. The van der Waals surface area contributed by atoms with Crippen molar-refractivity contribution in [1.29, 1.82) is 0 Å². The van der Waals surface area contributed by atoms with Gasteiger partial charge in [0.25, 0.3) is 0 Å². The Morgan fingerprint density at radius 2 is 2.24 bits per heavy atom. The standard InChI is InChI=1S/C13H15N3O/c1-9(17)11-3-2-7-14-13(11)16-8-6-12(15-16)10-4-5-10/h2-3,6-10,17H,4-5H2,1H3/t9-/m1/s1. The zero-order valence-corrected chi connectivity index (χ0v) is 9.74. The van der Waals surface area contributed by atoms with Crippen molar-refractivity contribution < 1.29 is 5.11 Å². The average Bonchev–Trinajstić information content (AvgIpc) is 3.07. The third-order valence-corrected chi connectivity index (χ3v) is 3.09. The zero-order valence-electron chi connectivity index (χ0n) is 9.74. The highest BCUT2D eigenvalue weighted by Crippen LogP contribution is 2.39. The molecule has 1 N–H and O–H groups in total. The molecule has 0 bridgehead atoms. The van der Waals surface area contributed by atoms with Gasteiger partial charge in [0.05, 0.1) is 11.8 Å². The summed E-state index contributed by atoms with van der Waals surface area (Å²) in [5.41, 5.74) is 1.94. The molecule has 2 aromatic heterocycles. The van der Waals surface area contributed by atoms with Crippen LogP contribution in [0.5, 0.6) is 0 Å². The topological polar surface area (TPSA) is 50.9 Å². The first-order valence-corrected chi connectivity index (χ1v) is 5.94. The molecule has 0 aliphatic heterocycles. The highest BCUT2D eigenvalue weighted by Gasteiger charge is 2.26. The molecule has 1 fully saturated rings. The van der Waals surface area contributed by atoms with Gasteiger partial charge in [-0.15, -0.1) is 0 Å². The molecule has 0 spiro atoms. The minimum absolute atomic E-state index is 0.535. The van der Waals surface area contributed by atoms with E-state index >= 15 is 0 Å². The first-order chi connectivity index (χ1) is 8.25. The van der Waals surface area contributed by atoms with Crippen molar-refractivity contribution in [1.82, 2.24) is 14.8 Å². The van der Waals surface area contributed by atoms with Gasteiger partial charge in [-0.1, -0.05) is 6.07 Å². The summed E-state index contributed by atoms with van der Waals surface area (Å²) >= 11 is 0. The molecule has 1 aliphatic rings. The molecular weight excluding hydrogens is 214 g/mol. The normalized spacial score (nSPS) is 17.1. The third-order valence-electron chi connectivity index (χ3n) is 3.09. The summed E-state index contributed by atoms with van der Waals surface area (Å²) < 4.78 is 1.76. The zero-order chi connectivity index (χ0) is 11.8. The quantitative estimate of drug-likeness (QED) is 0.877. The van der Waals surface area contributed by atoms with Gasteiger partial charge in [-0.3, -0.25) is 0 Å². The van der Waals surface area contributed by atoms with Crippen molar-refractivity contribution in [2.75, 3.05) is 0 Å². The summed E-state index contributed by atoms with van der Waals surface area (Å²) in [5, 5.41) is 14.2. The molecule has 88 valence electrons. The van der Waals surface area contributed by atoms with E-state index in [0.717, 1.165) is 17.1 Å². The van der Waals surface area contributed by atoms with Gasteiger partial charge in [-0.2, -0.15) is 5.10 Å². The van der Waals surface area contributed by atoms with Gasteiger partial charge >= 0.3 is 0 Å². The summed E-state index contributed by atoms with van der Waals surface area (Å²) in [6, 6.07) is 5.75. The van der Waals surface area contributed by atoms with Crippen molar-refractivity contribution >= 4 is 0 Å². The predicted octanol–water partition coefficient (Wildman–Crippen LogP) is 2.20. The van der Waals surface area contributed by atoms with E-state index in [1.165, 1.54) is 12.8 Å². The Morgan fingerprint density at radius 1 is 1.41 bits per heavy atom. The molecule has 2 aromatic rings. The van der Waals surface area contributed by atoms with Gasteiger partial charge in [0, 0.05) is 23.9 Å². The van der Waals surface area contributed by atoms with Crippen molar-refractivity contribution in [3.63, 3.8) is 0 Å². The summed E-state index contributed by atoms with van der Waals surface area (Å²) in [6.07, 6.45) is 5.58. The van der Waals surface area contributed by atoms with Gasteiger partial charge in [0.2, 0.25) is 0 Å². The van der Waals surface area contributed by atoms with E-state index in [9.17, 15) is 5.11 Å². The molecule has 4 nitrogen and oxygen atoms in total. The first kappa shape index (κ1) is 10.5. The van der Waals surface area contributed by atoms with E-state index in [2.05, 4.69) is 10.1 Å². The SMILES string of the molecule is C[C@@H](O)c1cccnc1-n1ccc(C2CC2)n1. The van der Waals surface area contributed by atoms with Crippen LogP contribution in [0.4, 0.5) is 0 Å². The second-order valence-corrected chi connectivity index (χ2v) is 4.55. The Hall–Kier alpha value is -1.68. The molecule has 0 amide bonds. The van der Waals surface area contributed by atoms with Gasteiger partial charge in [-0.05, 0) is 31.9 Å². The second-order valence-electron chi connectivity index (χ2n) is 4.55. The Balaban J connectivity index is 2.01. The fourth-order valence-corrected chi connectivity index (χ4v) is 1.98. The Labute approximate surface area is 99.9 Å². The number of rotatable bonds is 3. The molecule has 4 heteroatoms. The summed E-state index contributed by atoms with van der Waals surface area (Å²) in [5.74, 6) is 1.35. The van der Waals surface area contributed by atoms with Crippen LogP contribution in [0.3, 0.4) is 0 Å². The van der Waals surface area contributed by atoms with Gasteiger partial charge < -0.3 is 5.11 Å². The number of hydrogen-bond acceptors (Lipinski definition) is 3. The maximum absolute atomic E-state index is 9.71. The van der Waals surface area contributed by atoms with Crippen molar-refractivity contribution in [2.45, 2.75) is 31.8 Å². The molecule has 0 unspecified atom stereocenters. The second kappa shape index (κ2) is 3.96. The van der Waals surface area contributed by atoms with Crippen molar-refractivity contribution in [3.8, 4) is 5.82 Å². The fourth-order valence-electron chi connectivity index (χ4n) is 1.98. The molecule has 3 rings (SSSR count). The molecule has 0 radical (unpaired) electrons. The lowest BCUT2D eigenvalue weighted by Crippen LogP contribution is -2.05. The van der Waals surface area contributed by atoms with Crippen LogP contribution < -0.4 is 0 Å². The fraction of sp³-hybridized carbons (Fsp3) is 0.385. The molecule has 2 heterocycles. The van der Waals surface area contributed by atoms with Gasteiger partial charge in [0.1, 0.15) is 0 Å². The molecule has 0 saturated heterocycles. The summed E-state index contributed by atoms with van der Waals surface area (Å²) in [6.45, 7) is 1.74.